The fraction of sp³-hybridized carbons (Fsp3) is 0.435. The first-order chi connectivity index (χ1) is 13.7. The van der Waals surface area contributed by atoms with Crippen molar-refractivity contribution >= 4 is 11.8 Å². The summed E-state index contributed by atoms with van der Waals surface area (Å²) >= 11 is 0. The number of benzene rings is 1. The molecular formula is C23H27N3O2. The molecule has 1 atom stereocenters. The van der Waals surface area contributed by atoms with Gasteiger partial charge in [0.15, 0.2) is 0 Å². The van der Waals surface area contributed by atoms with E-state index in [2.05, 4.69) is 4.98 Å². The van der Waals surface area contributed by atoms with Crippen molar-refractivity contribution in [2.75, 3.05) is 19.6 Å². The number of piperidine rings is 1. The highest BCUT2D eigenvalue weighted by atomic mass is 16.2. The van der Waals surface area contributed by atoms with Crippen molar-refractivity contribution in [2.45, 2.75) is 44.6 Å². The summed E-state index contributed by atoms with van der Waals surface area (Å²) in [6, 6.07) is 12.0. The minimum atomic E-state index is 0.110. The van der Waals surface area contributed by atoms with Gasteiger partial charge >= 0.3 is 0 Å². The van der Waals surface area contributed by atoms with Crippen LogP contribution in [0.5, 0.6) is 0 Å². The van der Waals surface area contributed by atoms with Gasteiger partial charge in [-0.1, -0.05) is 12.1 Å². The second-order valence-electron chi connectivity index (χ2n) is 7.73. The minimum absolute atomic E-state index is 0.110. The maximum atomic E-state index is 13.2. The second kappa shape index (κ2) is 8.55. The number of nitrogens with zero attached hydrogens (tertiary/aromatic N) is 3. The minimum Gasteiger partial charge on any atom is -0.343 e. The smallest absolute Gasteiger partial charge is 0.254 e. The molecular weight excluding hydrogens is 350 g/mol. The summed E-state index contributed by atoms with van der Waals surface area (Å²) in [5, 5.41) is 0. The van der Waals surface area contributed by atoms with Gasteiger partial charge in [-0.3, -0.25) is 14.6 Å². The number of rotatable bonds is 5. The zero-order valence-electron chi connectivity index (χ0n) is 16.2. The lowest BCUT2D eigenvalue weighted by atomic mass is 9.97. The highest BCUT2D eigenvalue weighted by molar-refractivity contribution is 5.95. The summed E-state index contributed by atoms with van der Waals surface area (Å²) in [5.74, 6) is 0.374. The highest BCUT2D eigenvalue weighted by Gasteiger charge is 2.29. The number of likely N-dealkylation sites (tertiary alicyclic amines) is 2. The fourth-order valence-electron chi connectivity index (χ4n) is 4.33. The van der Waals surface area contributed by atoms with Gasteiger partial charge in [-0.25, -0.2) is 0 Å². The Morgan fingerprint density at radius 3 is 2.43 bits per heavy atom. The Labute approximate surface area is 166 Å². The number of carbonyl (C=O) groups excluding carboxylic acids is 2. The molecule has 0 radical (unpaired) electrons. The first-order valence-corrected chi connectivity index (χ1v) is 10.3. The van der Waals surface area contributed by atoms with Crippen LogP contribution in [-0.2, 0) is 4.79 Å². The van der Waals surface area contributed by atoms with Gasteiger partial charge in [0.1, 0.15) is 0 Å². The van der Waals surface area contributed by atoms with Crippen molar-refractivity contribution < 1.29 is 9.59 Å². The van der Waals surface area contributed by atoms with Crippen LogP contribution in [0.15, 0.2) is 48.8 Å². The summed E-state index contributed by atoms with van der Waals surface area (Å²) in [6.07, 6.45) is 9.32. The summed E-state index contributed by atoms with van der Waals surface area (Å²) < 4.78 is 0. The molecule has 0 N–H and O–H groups in total. The molecule has 5 nitrogen and oxygen atoms in total. The first kappa shape index (κ1) is 18.7. The molecule has 2 aliphatic heterocycles. The van der Waals surface area contributed by atoms with E-state index in [9.17, 15) is 9.59 Å². The van der Waals surface area contributed by atoms with Gasteiger partial charge in [-0.15, -0.1) is 0 Å². The van der Waals surface area contributed by atoms with Crippen LogP contribution < -0.4 is 0 Å². The van der Waals surface area contributed by atoms with Crippen LogP contribution in [0.1, 0.15) is 48.9 Å². The SMILES string of the molecule is O=C1CCCN1CCC1CCCCN1C(=O)c1ccc(-c2ccncc2)cc1. The molecule has 4 rings (SSSR count). The van der Waals surface area contributed by atoms with E-state index in [0.717, 1.165) is 68.4 Å². The number of hydrogen-bond acceptors (Lipinski definition) is 3. The Hall–Kier alpha value is -2.69. The number of pyridine rings is 1. The van der Waals surface area contributed by atoms with Gasteiger partial charge in [-0.2, -0.15) is 0 Å². The average molecular weight is 377 g/mol. The molecule has 146 valence electrons. The number of aromatic nitrogens is 1. The molecule has 2 aliphatic rings. The summed E-state index contributed by atoms with van der Waals surface area (Å²) in [5.41, 5.74) is 2.92. The monoisotopic (exact) mass is 377 g/mol. The third-order valence-corrected chi connectivity index (χ3v) is 5.94. The van der Waals surface area contributed by atoms with Crippen LogP contribution in [0.2, 0.25) is 0 Å². The molecule has 0 spiro atoms. The van der Waals surface area contributed by atoms with Gasteiger partial charge in [0, 0.05) is 50.1 Å². The van der Waals surface area contributed by atoms with Crippen molar-refractivity contribution in [3.8, 4) is 11.1 Å². The molecule has 2 amide bonds. The van der Waals surface area contributed by atoms with Crippen LogP contribution in [0, 0.1) is 0 Å². The lowest BCUT2D eigenvalue weighted by Crippen LogP contribution is -2.45. The molecule has 1 unspecified atom stereocenters. The summed E-state index contributed by atoms with van der Waals surface area (Å²) in [7, 11) is 0. The van der Waals surface area contributed by atoms with Gasteiger partial charge in [-0.05, 0) is 67.5 Å². The van der Waals surface area contributed by atoms with Crippen molar-refractivity contribution in [1.29, 1.82) is 0 Å². The third kappa shape index (κ3) is 4.08. The Balaban J connectivity index is 1.43. The molecule has 5 heteroatoms. The molecule has 28 heavy (non-hydrogen) atoms. The number of carbonyl (C=O) groups is 2. The van der Waals surface area contributed by atoms with E-state index in [1.165, 1.54) is 0 Å². The van der Waals surface area contributed by atoms with Crippen molar-refractivity contribution in [3.63, 3.8) is 0 Å². The predicted octanol–water partition coefficient (Wildman–Crippen LogP) is 3.76. The van der Waals surface area contributed by atoms with Crippen molar-refractivity contribution in [3.05, 3.63) is 54.4 Å². The van der Waals surface area contributed by atoms with Crippen LogP contribution in [-0.4, -0.2) is 52.3 Å². The lowest BCUT2D eigenvalue weighted by Gasteiger charge is -2.36. The van der Waals surface area contributed by atoms with E-state index in [1.807, 2.05) is 46.2 Å². The molecule has 0 saturated carbocycles. The Kier molecular flexibility index (Phi) is 5.70. The maximum absolute atomic E-state index is 13.2. The van der Waals surface area contributed by atoms with E-state index in [-0.39, 0.29) is 17.9 Å². The van der Waals surface area contributed by atoms with Crippen molar-refractivity contribution in [1.82, 2.24) is 14.8 Å². The standard InChI is InChI=1S/C23H27N3O2/c27-22-5-3-15-25(22)17-12-21-4-1-2-16-26(21)23(28)20-8-6-18(7-9-20)19-10-13-24-14-11-19/h6-11,13-14,21H,1-5,12,15-17H2. The average Bonchev–Trinajstić information content (AvgIpc) is 3.17. The van der Waals surface area contributed by atoms with Gasteiger partial charge < -0.3 is 9.80 Å². The van der Waals surface area contributed by atoms with Crippen LogP contribution in [0.4, 0.5) is 0 Å². The molecule has 0 aliphatic carbocycles. The topological polar surface area (TPSA) is 53.5 Å². The summed E-state index contributed by atoms with van der Waals surface area (Å²) in [6.45, 7) is 2.45. The zero-order chi connectivity index (χ0) is 19.3. The molecule has 0 bridgehead atoms. The van der Waals surface area contributed by atoms with E-state index in [0.29, 0.717) is 6.42 Å². The van der Waals surface area contributed by atoms with Crippen LogP contribution >= 0.6 is 0 Å². The number of amides is 2. The molecule has 2 saturated heterocycles. The lowest BCUT2D eigenvalue weighted by molar-refractivity contribution is -0.127. The Bertz CT molecular complexity index is 820. The van der Waals surface area contributed by atoms with E-state index >= 15 is 0 Å². The van der Waals surface area contributed by atoms with Gasteiger partial charge in [0.05, 0.1) is 0 Å². The zero-order valence-corrected chi connectivity index (χ0v) is 16.2. The Morgan fingerprint density at radius 2 is 1.71 bits per heavy atom. The van der Waals surface area contributed by atoms with E-state index < -0.39 is 0 Å². The van der Waals surface area contributed by atoms with Crippen molar-refractivity contribution in [2.24, 2.45) is 0 Å². The molecule has 1 aromatic carbocycles. The Morgan fingerprint density at radius 1 is 0.964 bits per heavy atom. The molecule has 3 heterocycles. The van der Waals surface area contributed by atoms with E-state index in [1.54, 1.807) is 12.4 Å². The highest BCUT2D eigenvalue weighted by Crippen LogP contribution is 2.25. The quantitative estimate of drug-likeness (QED) is 0.797. The maximum Gasteiger partial charge on any atom is 0.254 e. The van der Waals surface area contributed by atoms with Gasteiger partial charge in [0.25, 0.3) is 5.91 Å². The fourth-order valence-corrected chi connectivity index (χ4v) is 4.33. The molecule has 2 fully saturated rings. The normalized spacial score (nSPS) is 19.9. The molecule has 2 aromatic rings. The van der Waals surface area contributed by atoms with E-state index in [4.69, 9.17) is 0 Å². The number of hydrogen-bond donors (Lipinski definition) is 0. The second-order valence-corrected chi connectivity index (χ2v) is 7.73. The van der Waals surface area contributed by atoms with Crippen LogP contribution in [0.3, 0.4) is 0 Å². The van der Waals surface area contributed by atoms with Crippen LogP contribution in [0.25, 0.3) is 11.1 Å². The van der Waals surface area contributed by atoms with Gasteiger partial charge in [0.2, 0.25) is 5.91 Å². The molecule has 1 aromatic heterocycles. The largest absolute Gasteiger partial charge is 0.343 e. The third-order valence-electron chi connectivity index (χ3n) is 5.94. The predicted molar refractivity (Wildman–Crippen MR) is 109 cm³/mol. The summed E-state index contributed by atoms with van der Waals surface area (Å²) in [4.78, 5) is 33.1. The first-order valence-electron chi connectivity index (χ1n) is 10.3.